The zero-order valence-corrected chi connectivity index (χ0v) is 20.5. The van der Waals surface area contributed by atoms with Gasteiger partial charge >= 0.3 is 6.03 Å². The number of carbonyl (C=O) groups is 1. The molecule has 6 nitrogen and oxygen atoms in total. The molecule has 184 valence electrons. The summed E-state index contributed by atoms with van der Waals surface area (Å²) in [7, 11) is 0. The Bertz CT molecular complexity index is 1480. The molecule has 1 aliphatic heterocycles. The van der Waals surface area contributed by atoms with E-state index in [0.29, 0.717) is 30.2 Å². The van der Waals surface area contributed by atoms with E-state index in [2.05, 4.69) is 10.2 Å². The van der Waals surface area contributed by atoms with E-state index in [9.17, 15) is 4.79 Å². The van der Waals surface area contributed by atoms with Gasteiger partial charge in [-0.15, -0.1) is 0 Å². The summed E-state index contributed by atoms with van der Waals surface area (Å²) >= 11 is 6.47. The predicted molar refractivity (Wildman–Crippen MR) is 138 cm³/mol. The van der Waals surface area contributed by atoms with Crippen LogP contribution in [-0.4, -0.2) is 22.4 Å². The molecule has 0 fully saturated rings. The van der Waals surface area contributed by atoms with Crippen molar-refractivity contribution < 1.29 is 13.6 Å². The predicted octanol–water partition coefficient (Wildman–Crippen LogP) is 6.14. The molecule has 0 saturated carbocycles. The van der Waals surface area contributed by atoms with Crippen LogP contribution in [0.25, 0.3) is 16.9 Å². The second-order valence-corrected chi connectivity index (χ2v) is 9.26. The maximum atomic E-state index is 15.6. The second-order valence-electron chi connectivity index (χ2n) is 8.85. The highest BCUT2D eigenvalue weighted by atomic mass is 35.5. The zero-order valence-electron chi connectivity index (χ0n) is 19.8. The Balaban J connectivity index is 1.73. The van der Waals surface area contributed by atoms with Gasteiger partial charge in [0.15, 0.2) is 0 Å². The normalized spacial score (nSPS) is 13.0. The van der Waals surface area contributed by atoms with Crippen LogP contribution in [0.5, 0.6) is 0 Å². The number of nitrogens with one attached hydrogen (secondary N) is 1. The maximum absolute atomic E-state index is 15.6. The standard InChI is InChI=1S/C27H24ClF2N5O/c1-15-6-5-7-16(2)25(15)35-26(17-12-21(30)23(13-20(17)29)32-27(31)36)18-14-34(11-10-22(18)33-35)24-9-4-3-8-19(24)28/h3-9,12-13H,10-11,14H2,1-2H3,(H3,31,32,36). The summed E-state index contributed by atoms with van der Waals surface area (Å²) in [5.74, 6) is -1.50. The van der Waals surface area contributed by atoms with E-state index in [-0.39, 0.29) is 11.3 Å². The minimum Gasteiger partial charge on any atom is -0.365 e. The van der Waals surface area contributed by atoms with Crippen LogP contribution < -0.4 is 16.0 Å². The maximum Gasteiger partial charge on any atom is 0.316 e. The Morgan fingerprint density at radius 3 is 2.47 bits per heavy atom. The highest BCUT2D eigenvalue weighted by Gasteiger charge is 2.30. The molecule has 2 amide bonds. The fourth-order valence-corrected chi connectivity index (χ4v) is 5.08. The Morgan fingerprint density at radius 1 is 1.06 bits per heavy atom. The van der Waals surface area contributed by atoms with Gasteiger partial charge in [-0.05, 0) is 43.2 Å². The van der Waals surface area contributed by atoms with E-state index < -0.39 is 17.7 Å². The van der Waals surface area contributed by atoms with Crippen LogP contribution in [0.2, 0.25) is 5.02 Å². The molecule has 0 aliphatic carbocycles. The lowest BCUT2D eigenvalue weighted by molar-refractivity contribution is 0.259. The SMILES string of the molecule is Cc1cccc(C)c1-n1nc2c(c1-c1cc(F)c(NC(N)=O)cc1F)CN(c1ccccc1Cl)CC2. The summed E-state index contributed by atoms with van der Waals surface area (Å²) in [4.78, 5) is 13.4. The molecule has 3 aromatic carbocycles. The third-order valence-corrected chi connectivity index (χ3v) is 6.77. The van der Waals surface area contributed by atoms with E-state index in [1.165, 1.54) is 0 Å². The Morgan fingerprint density at radius 2 is 1.78 bits per heavy atom. The molecular formula is C27H24ClF2N5O. The lowest BCUT2D eigenvalue weighted by Crippen LogP contribution is -2.30. The summed E-state index contributed by atoms with van der Waals surface area (Å²) in [6, 6.07) is 14.5. The third kappa shape index (κ3) is 4.18. The topological polar surface area (TPSA) is 76.2 Å². The van der Waals surface area contributed by atoms with Crippen LogP contribution in [0, 0.1) is 25.5 Å². The van der Waals surface area contributed by atoms with E-state index in [4.69, 9.17) is 22.4 Å². The van der Waals surface area contributed by atoms with E-state index >= 15 is 8.78 Å². The zero-order chi connectivity index (χ0) is 25.6. The average Bonchev–Trinajstić information content (AvgIpc) is 3.19. The molecule has 3 N–H and O–H groups in total. The number of amides is 2. The van der Waals surface area contributed by atoms with Gasteiger partial charge in [0.05, 0.1) is 33.5 Å². The molecule has 0 radical (unpaired) electrons. The van der Waals surface area contributed by atoms with Crippen molar-refractivity contribution >= 4 is 29.0 Å². The lowest BCUT2D eigenvalue weighted by atomic mass is 9.99. The highest BCUT2D eigenvalue weighted by molar-refractivity contribution is 6.33. The van der Waals surface area contributed by atoms with Crippen LogP contribution >= 0.6 is 11.6 Å². The molecule has 36 heavy (non-hydrogen) atoms. The number of nitrogens with two attached hydrogens (primary N) is 1. The molecular weight excluding hydrogens is 484 g/mol. The molecule has 4 aromatic rings. The summed E-state index contributed by atoms with van der Waals surface area (Å²) in [6.07, 6.45) is 0.608. The molecule has 0 unspecified atom stereocenters. The number of halogens is 3. The van der Waals surface area contributed by atoms with Gasteiger partial charge < -0.3 is 16.0 Å². The Hall–Kier alpha value is -3.91. The smallest absolute Gasteiger partial charge is 0.316 e. The number of urea groups is 1. The number of aromatic nitrogens is 2. The van der Waals surface area contributed by atoms with Gasteiger partial charge in [0.2, 0.25) is 0 Å². The number of primary amides is 1. The van der Waals surface area contributed by atoms with Gasteiger partial charge in [0.25, 0.3) is 0 Å². The van der Waals surface area contributed by atoms with Crippen LogP contribution in [0.1, 0.15) is 22.4 Å². The van der Waals surface area contributed by atoms with Crippen molar-refractivity contribution in [2.75, 3.05) is 16.8 Å². The number of hydrogen-bond acceptors (Lipinski definition) is 3. The van der Waals surface area contributed by atoms with Gasteiger partial charge in [0, 0.05) is 36.7 Å². The first-order valence-corrected chi connectivity index (χ1v) is 11.8. The number of carbonyl (C=O) groups excluding carboxylic acids is 1. The molecule has 1 aromatic heterocycles. The molecule has 0 spiro atoms. The lowest BCUT2D eigenvalue weighted by Gasteiger charge is -2.29. The number of rotatable bonds is 4. The molecule has 0 atom stereocenters. The first-order valence-electron chi connectivity index (χ1n) is 11.5. The van der Waals surface area contributed by atoms with Crippen LogP contribution in [-0.2, 0) is 13.0 Å². The first kappa shape index (κ1) is 23.8. The van der Waals surface area contributed by atoms with Crippen molar-refractivity contribution in [1.29, 1.82) is 0 Å². The number of fused-ring (bicyclic) bond motifs is 1. The number of para-hydroxylation sites is 2. The highest BCUT2D eigenvalue weighted by Crippen LogP contribution is 2.39. The third-order valence-electron chi connectivity index (χ3n) is 6.45. The largest absolute Gasteiger partial charge is 0.365 e. The van der Waals surface area contributed by atoms with E-state index in [1.807, 2.05) is 56.3 Å². The quantitative estimate of drug-likeness (QED) is 0.348. The van der Waals surface area contributed by atoms with Gasteiger partial charge in [0.1, 0.15) is 11.6 Å². The fraction of sp³-hybridized carbons (Fsp3) is 0.185. The molecule has 1 aliphatic rings. The van der Waals surface area contributed by atoms with Crippen molar-refractivity contribution in [2.24, 2.45) is 5.73 Å². The number of anilines is 2. The fourth-order valence-electron chi connectivity index (χ4n) is 4.82. The Labute approximate surface area is 212 Å². The van der Waals surface area contributed by atoms with Gasteiger partial charge in [-0.1, -0.05) is 41.9 Å². The number of hydrogen-bond donors (Lipinski definition) is 2. The monoisotopic (exact) mass is 507 g/mol. The molecule has 2 heterocycles. The number of benzene rings is 3. The van der Waals surface area contributed by atoms with E-state index in [0.717, 1.165) is 45.9 Å². The molecule has 5 rings (SSSR count). The minimum absolute atomic E-state index is 0.0416. The van der Waals surface area contributed by atoms with Gasteiger partial charge in [-0.25, -0.2) is 18.3 Å². The van der Waals surface area contributed by atoms with Crippen molar-refractivity contribution in [3.05, 3.63) is 93.6 Å². The summed E-state index contributed by atoms with van der Waals surface area (Å²) in [5, 5.41) is 7.63. The second kappa shape index (κ2) is 9.28. The van der Waals surface area contributed by atoms with Crippen LogP contribution in [0.15, 0.2) is 54.6 Å². The average molecular weight is 508 g/mol. The van der Waals surface area contributed by atoms with E-state index in [1.54, 1.807) is 4.68 Å². The first-order chi connectivity index (χ1) is 17.2. The van der Waals surface area contributed by atoms with Gasteiger partial charge in [-0.2, -0.15) is 5.10 Å². The van der Waals surface area contributed by atoms with Crippen molar-refractivity contribution in [1.82, 2.24) is 9.78 Å². The molecule has 9 heteroatoms. The number of nitrogens with zero attached hydrogens (tertiary/aromatic N) is 3. The molecule has 0 saturated heterocycles. The van der Waals surface area contributed by atoms with Crippen molar-refractivity contribution in [3.8, 4) is 16.9 Å². The van der Waals surface area contributed by atoms with Crippen molar-refractivity contribution in [2.45, 2.75) is 26.8 Å². The van der Waals surface area contributed by atoms with Crippen LogP contribution in [0.3, 0.4) is 0 Å². The van der Waals surface area contributed by atoms with Gasteiger partial charge in [-0.3, -0.25) is 0 Å². The summed E-state index contributed by atoms with van der Waals surface area (Å²) in [5.41, 5.74) is 10.5. The van der Waals surface area contributed by atoms with Crippen LogP contribution in [0.4, 0.5) is 25.0 Å². The minimum atomic E-state index is -0.977. The summed E-state index contributed by atoms with van der Waals surface area (Å²) in [6.45, 7) is 5.01. The van der Waals surface area contributed by atoms with Crippen molar-refractivity contribution in [3.63, 3.8) is 0 Å². The molecule has 0 bridgehead atoms. The summed E-state index contributed by atoms with van der Waals surface area (Å²) < 4.78 is 32.3. The Kier molecular flexibility index (Phi) is 6.14. The number of aryl methyl sites for hydroxylation is 2.